The van der Waals surface area contributed by atoms with Crippen LogP contribution in [0.2, 0.25) is 0 Å². The summed E-state index contributed by atoms with van der Waals surface area (Å²) in [5.74, 6) is -0.422. The summed E-state index contributed by atoms with van der Waals surface area (Å²) >= 11 is 0. The predicted octanol–water partition coefficient (Wildman–Crippen LogP) is 9.95. The maximum Gasteiger partial charge on any atom is 0.306 e. The van der Waals surface area contributed by atoms with Crippen LogP contribution in [0.4, 0.5) is 0 Å². The largest absolute Gasteiger partial charge is 0.466 e. The minimum absolute atomic E-state index is 0.124. The molecule has 0 spiro atoms. The third-order valence-electron chi connectivity index (χ3n) is 8.63. The number of hydrogen-bond acceptors (Lipinski definition) is 7. The van der Waals surface area contributed by atoms with E-state index in [4.69, 9.17) is 18.9 Å². The van der Waals surface area contributed by atoms with E-state index in [0.29, 0.717) is 51.6 Å². The zero-order chi connectivity index (χ0) is 32.1. The van der Waals surface area contributed by atoms with Crippen molar-refractivity contribution in [1.29, 1.82) is 0 Å². The standard InChI is InChI=1S/C37H68O7/c1-4-7-10-13-16-23-35(38)42-31-20-22-33(43-36(39)24-17-14-11-8-5-2)28-29-34(27-26-32-21-19-30-41-32)44-37(40)25-18-15-12-9-6-3/h32-34H,4-31H2,1-3H3/t32-,33+,34+/m0/s1. The van der Waals surface area contributed by atoms with Crippen LogP contribution >= 0.6 is 0 Å². The molecular weight excluding hydrogens is 556 g/mol. The van der Waals surface area contributed by atoms with Crippen molar-refractivity contribution in [2.24, 2.45) is 0 Å². The first-order valence-electron chi connectivity index (χ1n) is 18.6. The fraction of sp³-hybridized carbons (Fsp3) is 0.919. The van der Waals surface area contributed by atoms with Gasteiger partial charge < -0.3 is 18.9 Å². The van der Waals surface area contributed by atoms with Crippen molar-refractivity contribution in [2.45, 2.75) is 206 Å². The molecule has 0 unspecified atom stereocenters. The highest BCUT2D eigenvalue weighted by Crippen LogP contribution is 2.23. The highest BCUT2D eigenvalue weighted by Gasteiger charge is 2.23. The smallest absolute Gasteiger partial charge is 0.306 e. The summed E-state index contributed by atoms with van der Waals surface area (Å²) < 4.78 is 23.3. The molecule has 1 aliphatic rings. The molecule has 0 bridgehead atoms. The monoisotopic (exact) mass is 624 g/mol. The predicted molar refractivity (Wildman–Crippen MR) is 178 cm³/mol. The zero-order valence-electron chi connectivity index (χ0n) is 28.9. The molecule has 1 fully saturated rings. The number of ether oxygens (including phenoxy) is 4. The van der Waals surface area contributed by atoms with E-state index in [1.807, 2.05) is 0 Å². The summed E-state index contributed by atoms with van der Waals surface area (Å²) in [4.78, 5) is 37.6. The van der Waals surface area contributed by atoms with Gasteiger partial charge in [-0.1, -0.05) is 97.8 Å². The van der Waals surface area contributed by atoms with Crippen molar-refractivity contribution < 1.29 is 33.3 Å². The third-order valence-corrected chi connectivity index (χ3v) is 8.63. The van der Waals surface area contributed by atoms with E-state index in [-0.39, 0.29) is 36.2 Å². The maximum absolute atomic E-state index is 12.7. The van der Waals surface area contributed by atoms with Gasteiger partial charge in [0.2, 0.25) is 0 Å². The molecule has 0 radical (unpaired) electrons. The molecular formula is C37H68O7. The lowest BCUT2D eigenvalue weighted by atomic mass is 10.0. The topological polar surface area (TPSA) is 88.1 Å². The SMILES string of the molecule is CCCCCCCC(=O)OCCC[C@H](CC[C@@H](CC[C@@H]1CCCO1)OC(=O)CCCCCCC)OC(=O)CCCCCCC. The molecule has 1 rings (SSSR count). The molecule has 0 aromatic heterocycles. The number of hydrogen-bond donors (Lipinski definition) is 0. The normalized spacial score (nSPS) is 16.0. The quantitative estimate of drug-likeness (QED) is 0.0446. The first-order chi connectivity index (χ1) is 21.5. The molecule has 0 aromatic carbocycles. The average Bonchev–Trinajstić information content (AvgIpc) is 3.54. The molecule has 258 valence electrons. The van der Waals surface area contributed by atoms with Gasteiger partial charge in [-0.2, -0.15) is 0 Å². The molecule has 1 heterocycles. The molecule has 0 N–H and O–H groups in total. The van der Waals surface area contributed by atoms with Crippen molar-refractivity contribution in [2.75, 3.05) is 13.2 Å². The molecule has 44 heavy (non-hydrogen) atoms. The van der Waals surface area contributed by atoms with E-state index in [9.17, 15) is 14.4 Å². The van der Waals surface area contributed by atoms with E-state index in [2.05, 4.69) is 20.8 Å². The molecule has 1 aliphatic heterocycles. The highest BCUT2D eigenvalue weighted by atomic mass is 16.6. The number of unbranched alkanes of at least 4 members (excludes halogenated alkanes) is 12. The first-order valence-corrected chi connectivity index (χ1v) is 18.6. The maximum atomic E-state index is 12.7. The first kappa shape index (κ1) is 40.4. The molecule has 3 atom stereocenters. The minimum atomic E-state index is -0.274. The molecule has 1 saturated heterocycles. The average molecular weight is 625 g/mol. The van der Waals surface area contributed by atoms with Gasteiger partial charge in [-0.15, -0.1) is 0 Å². The van der Waals surface area contributed by atoms with Crippen LogP contribution in [0.15, 0.2) is 0 Å². The second-order valence-electron chi connectivity index (χ2n) is 12.9. The van der Waals surface area contributed by atoms with Crippen molar-refractivity contribution >= 4 is 17.9 Å². The Bertz CT molecular complexity index is 704. The number of carbonyl (C=O) groups is 3. The minimum Gasteiger partial charge on any atom is -0.466 e. The van der Waals surface area contributed by atoms with Gasteiger partial charge in [-0.3, -0.25) is 14.4 Å². The van der Waals surface area contributed by atoms with Crippen LogP contribution in [0.1, 0.15) is 188 Å². The van der Waals surface area contributed by atoms with Crippen molar-refractivity contribution in [3.63, 3.8) is 0 Å². The van der Waals surface area contributed by atoms with Gasteiger partial charge in [-0.05, 0) is 70.6 Å². The van der Waals surface area contributed by atoms with Gasteiger partial charge in [0.1, 0.15) is 12.2 Å². The Kier molecular flexibility index (Phi) is 26.5. The van der Waals surface area contributed by atoms with Crippen molar-refractivity contribution in [3.8, 4) is 0 Å². The van der Waals surface area contributed by atoms with Crippen LogP contribution in [-0.4, -0.2) is 49.4 Å². The summed E-state index contributed by atoms with van der Waals surface area (Å²) in [6.45, 7) is 7.71. The van der Waals surface area contributed by atoms with Crippen LogP contribution < -0.4 is 0 Å². The van der Waals surface area contributed by atoms with E-state index < -0.39 is 0 Å². The number of carbonyl (C=O) groups excluding carboxylic acids is 3. The van der Waals surface area contributed by atoms with Gasteiger partial charge in [-0.25, -0.2) is 0 Å². The van der Waals surface area contributed by atoms with E-state index in [1.54, 1.807) is 0 Å². The summed E-state index contributed by atoms with van der Waals surface area (Å²) in [6.07, 6.45) is 23.9. The van der Waals surface area contributed by atoms with Crippen LogP contribution in [-0.2, 0) is 33.3 Å². The molecule has 0 aliphatic carbocycles. The fourth-order valence-corrected chi connectivity index (χ4v) is 5.82. The number of esters is 3. The Labute approximate surface area is 270 Å². The Hall–Kier alpha value is -1.63. The van der Waals surface area contributed by atoms with Crippen LogP contribution in [0.25, 0.3) is 0 Å². The van der Waals surface area contributed by atoms with Crippen LogP contribution in [0.3, 0.4) is 0 Å². The van der Waals surface area contributed by atoms with Gasteiger partial charge in [0, 0.05) is 25.9 Å². The lowest BCUT2D eigenvalue weighted by molar-refractivity contribution is -0.154. The van der Waals surface area contributed by atoms with Crippen LogP contribution in [0.5, 0.6) is 0 Å². The Morgan fingerprint density at radius 1 is 0.591 bits per heavy atom. The van der Waals surface area contributed by atoms with E-state index in [1.165, 1.54) is 44.9 Å². The lowest BCUT2D eigenvalue weighted by Crippen LogP contribution is -2.25. The molecule has 0 amide bonds. The van der Waals surface area contributed by atoms with Gasteiger partial charge in [0.15, 0.2) is 0 Å². The molecule has 0 aromatic rings. The lowest BCUT2D eigenvalue weighted by Gasteiger charge is -2.23. The Morgan fingerprint density at radius 2 is 1.07 bits per heavy atom. The summed E-state index contributed by atoms with van der Waals surface area (Å²) in [6, 6.07) is 0. The molecule has 0 saturated carbocycles. The molecule has 7 nitrogen and oxygen atoms in total. The Balaban J connectivity index is 2.62. The summed E-state index contributed by atoms with van der Waals surface area (Å²) in [5, 5.41) is 0. The van der Waals surface area contributed by atoms with Gasteiger partial charge >= 0.3 is 17.9 Å². The molecule has 7 heteroatoms. The van der Waals surface area contributed by atoms with E-state index in [0.717, 1.165) is 83.7 Å². The number of rotatable bonds is 30. The highest BCUT2D eigenvalue weighted by molar-refractivity contribution is 5.70. The van der Waals surface area contributed by atoms with E-state index >= 15 is 0 Å². The zero-order valence-corrected chi connectivity index (χ0v) is 28.9. The summed E-state index contributed by atoms with van der Waals surface area (Å²) in [5.41, 5.74) is 0. The van der Waals surface area contributed by atoms with Crippen molar-refractivity contribution in [3.05, 3.63) is 0 Å². The van der Waals surface area contributed by atoms with Crippen molar-refractivity contribution in [1.82, 2.24) is 0 Å². The summed E-state index contributed by atoms with van der Waals surface area (Å²) in [7, 11) is 0. The van der Waals surface area contributed by atoms with Gasteiger partial charge in [0.05, 0.1) is 12.7 Å². The second-order valence-corrected chi connectivity index (χ2v) is 12.9. The third kappa shape index (κ3) is 23.7. The van der Waals surface area contributed by atoms with Gasteiger partial charge in [0.25, 0.3) is 0 Å². The fourth-order valence-electron chi connectivity index (χ4n) is 5.82. The Morgan fingerprint density at radius 3 is 1.55 bits per heavy atom. The van der Waals surface area contributed by atoms with Crippen LogP contribution in [0, 0.1) is 0 Å². The second kappa shape index (κ2) is 28.8.